The molecule has 0 radical (unpaired) electrons. The van der Waals surface area contributed by atoms with Crippen molar-refractivity contribution in [2.24, 2.45) is 0 Å². The maximum absolute atomic E-state index is 11.6. The largest absolute Gasteiger partial charge is 0.353 e. The third kappa shape index (κ3) is 2.80. The van der Waals surface area contributed by atoms with Crippen LogP contribution in [0.4, 0.5) is 0 Å². The lowest BCUT2D eigenvalue weighted by molar-refractivity contribution is -0.178. The smallest absolute Gasteiger partial charge is 0.161 e. The molecule has 0 spiro atoms. The fourth-order valence-electron chi connectivity index (χ4n) is 2.13. The van der Waals surface area contributed by atoms with Crippen molar-refractivity contribution in [3.63, 3.8) is 0 Å². The molecular formula is C13H18O3. The van der Waals surface area contributed by atoms with Crippen LogP contribution in [0.5, 0.6) is 0 Å². The summed E-state index contributed by atoms with van der Waals surface area (Å²) in [5, 5.41) is 0. The highest BCUT2D eigenvalue weighted by Crippen LogP contribution is 2.24. The molecule has 1 heterocycles. The van der Waals surface area contributed by atoms with Gasteiger partial charge >= 0.3 is 0 Å². The predicted molar refractivity (Wildman–Crippen MR) is 61.0 cm³/mol. The molecule has 2 atom stereocenters. The molecule has 0 saturated carbocycles. The Balaban J connectivity index is 1.86. The first-order valence-electron chi connectivity index (χ1n) is 5.91. The van der Waals surface area contributed by atoms with Crippen LogP contribution >= 0.6 is 0 Å². The maximum atomic E-state index is 11.6. The Morgan fingerprint density at radius 1 is 1.56 bits per heavy atom. The highest BCUT2D eigenvalue weighted by molar-refractivity contribution is 5.98. The minimum absolute atomic E-state index is 0.0921. The van der Waals surface area contributed by atoms with E-state index >= 15 is 0 Å². The number of Topliss-reactive ketones (excluding diaryl/α,β-unsaturated/α-hetero) is 1. The van der Waals surface area contributed by atoms with Crippen LogP contribution < -0.4 is 0 Å². The molecule has 1 aliphatic carbocycles. The van der Waals surface area contributed by atoms with E-state index in [4.69, 9.17) is 9.47 Å². The van der Waals surface area contributed by atoms with Crippen molar-refractivity contribution in [3.05, 3.63) is 24.3 Å². The minimum Gasteiger partial charge on any atom is -0.353 e. The Bertz CT molecular complexity index is 300. The highest BCUT2D eigenvalue weighted by Gasteiger charge is 2.27. The highest BCUT2D eigenvalue weighted by atomic mass is 16.7. The average Bonchev–Trinajstić information content (AvgIpc) is 2.61. The third-order valence-electron chi connectivity index (χ3n) is 2.96. The predicted octanol–water partition coefficient (Wildman–Crippen LogP) is 2.37. The van der Waals surface area contributed by atoms with E-state index in [1.54, 1.807) is 6.08 Å². The normalized spacial score (nSPS) is 30.2. The van der Waals surface area contributed by atoms with Crippen molar-refractivity contribution >= 4 is 5.78 Å². The van der Waals surface area contributed by atoms with Crippen LogP contribution in [0.25, 0.3) is 0 Å². The Labute approximate surface area is 96.1 Å². The number of ketones is 1. The molecule has 1 saturated heterocycles. The van der Waals surface area contributed by atoms with Crippen LogP contribution in [0.15, 0.2) is 24.3 Å². The lowest BCUT2D eigenvalue weighted by atomic mass is 10.1. The van der Waals surface area contributed by atoms with Gasteiger partial charge in [-0.15, -0.1) is 6.58 Å². The van der Waals surface area contributed by atoms with Gasteiger partial charge in [-0.1, -0.05) is 6.08 Å². The molecule has 3 heteroatoms. The lowest BCUT2D eigenvalue weighted by Crippen LogP contribution is -2.26. The van der Waals surface area contributed by atoms with Crippen LogP contribution in [0.3, 0.4) is 0 Å². The van der Waals surface area contributed by atoms with Crippen LogP contribution in [0, 0.1) is 0 Å². The number of carbonyl (C=O) groups excluding carboxylic acids is 1. The van der Waals surface area contributed by atoms with E-state index < -0.39 is 0 Å². The molecule has 0 N–H and O–H groups in total. The molecule has 1 unspecified atom stereocenters. The van der Waals surface area contributed by atoms with Crippen LogP contribution in [0.2, 0.25) is 0 Å². The number of rotatable bonds is 4. The molecule has 2 aliphatic rings. The molecule has 0 aromatic carbocycles. The lowest BCUT2D eigenvalue weighted by Gasteiger charge is -2.24. The molecule has 1 fully saturated rings. The molecule has 3 nitrogen and oxygen atoms in total. The first-order chi connectivity index (χ1) is 7.79. The van der Waals surface area contributed by atoms with Crippen molar-refractivity contribution in [1.82, 2.24) is 0 Å². The monoisotopic (exact) mass is 222 g/mol. The van der Waals surface area contributed by atoms with Crippen molar-refractivity contribution in [2.45, 2.75) is 44.5 Å². The van der Waals surface area contributed by atoms with Gasteiger partial charge in [0.05, 0.1) is 6.10 Å². The molecule has 1 aliphatic heterocycles. The second kappa shape index (κ2) is 5.41. The fourth-order valence-corrected chi connectivity index (χ4v) is 2.13. The minimum atomic E-state index is -0.120. The second-order valence-corrected chi connectivity index (χ2v) is 4.28. The van der Waals surface area contributed by atoms with Gasteiger partial charge in [0, 0.05) is 13.0 Å². The topological polar surface area (TPSA) is 35.5 Å². The number of carbonyl (C=O) groups is 1. The quantitative estimate of drug-likeness (QED) is 0.685. The first-order valence-corrected chi connectivity index (χ1v) is 5.91. The number of ether oxygens (including phenoxy) is 2. The zero-order valence-corrected chi connectivity index (χ0v) is 9.48. The molecule has 88 valence electrons. The zero-order chi connectivity index (χ0) is 11.4. The van der Waals surface area contributed by atoms with Crippen molar-refractivity contribution < 1.29 is 14.3 Å². The van der Waals surface area contributed by atoms with E-state index in [9.17, 15) is 4.79 Å². The fraction of sp³-hybridized carbons (Fsp3) is 0.615. The van der Waals surface area contributed by atoms with Gasteiger partial charge in [0.1, 0.15) is 0 Å². The Kier molecular flexibility index (Phi) is 3.91. The SMILES string of the molecule is C=CCC1=C[C@H](OC2CCCCO2)CC1=O. The molecular weight excluding hydrogens is 204 g/mol. The van der Waals surface area contributed by atoms with Gasteiger partial charge in [0.15, 0.2) is 12.1 Å². The van der Waals surface area contributed by atoms with Gasteiger partial charge < -0.3 is 9.47 Å². The maximum Gasteiger partial charge on any atom is 0.161 e. The van der Waals surface area contributed by atoms with Gasteiger partial charge in [-0.05, 0) is 37.3 Å². The summed E-state index contributed by atoms with van der Waals surface area (Å²) in [4.78, 5) is 11.6. The van der Waals surface area contributed by atoms with E-state index in [0.717, 1.165) is 31.4 Å². The van der Waals surface area contributed by atoms with Gasteiger partial charge in [-0.2, -0.15) is 0 Å². The Morgan fingerprint density at radius 2 is 2.44 bits per heavy atom. The van der Waals surface area contributed by atoms with E-state index in [2.05, 4.69) is 6.58 Å². The summed E-state index contributed by atoms with van der Waals surface area (Å²) < 4.78 is 11.2. The molecule has 0 aromatic rings. The van der Waals surface area contributed by atoms with Crippen LogP contribution in [0.1, 0.15) is 32.1 Å². The van der Waals surface area contributed by atoms with Gasteiger partial charge in [0.25, 0.3) is 0 Å². The third-order valence-corrected chi connectivity index (χ3v) is 2.96. The summed E-state index contributed by atoms with van der Waals surface area (Å²) in [6, 6.07) is 0. The summed E-state index contributed by atoms with van der Waals surface area (Å²) in [7, 11) is 0. The number of allylic oxidation sites excluding steroid dienone is 2. The zero-order valence-electron chi connectivity index (χ0n) is 9.48. The van der Waals surface area contributed by atoms with E-state index in [1.165, 1.54) is 0 Å². The van der Waals surface area contributed by atoms with E-state index in [1.807, 2.05) is 6.08 Å². The van der Waals surface area contributed by atoms with Crippen LogP contribution in [-0.2, 0) is 14.3 Å². The molecule has 2 rings (SSSR count). The molecule has 0 bridgehead atoms. The summed E-state index contributed by atoms with van der Waals surface area (Å²) in [5.74, 6) is 0.181. The standard InChI is InChI=1S/C13H18O3/c1-2-5-10-8-11(9-12(10)14)16-13-6-3-4-7-15-13/h2,8,11,13H,1,3-7,9H2/t11-,13?/m0/s1. The molecule has 0 aromatic heterocycles. The summed E-state index contributed by atoms with van der Waals surface area (Å²) >= 11 is 0. The second-order valence-electron chi connectivity index (χ2n) is 4.28. The van der Waals surface area contributed by atoms with E-state index in [0.29, 0.717) is 12.8 Å². The van der Waals surface area contributed by atoms with Crippen molar-refractivity contribution in [3.8, 4) is 0 Å². The summed E-state index contributed by atoms with van der Waals surface area (Å²) in [6.45, 7) is 4.41. The molecule has 0 amide bonds. The molecule has 16 heavy (non-hydrogen) atoms. The van der Waals surface area contributed by atoms with Gasteiger partial charge in [-0.3, -0.25) is 4.79 Å². The summed E-state index contributed by atoms with van der Waals surface area (Å²) in [6.07, 6.45) is 7.76. The van der Waals surface area contributed by atoms with Gasteiger partial charge in [0.2, 0.25) is 0 Å². The first kappa shape index (κ1) is 11.6. The van der Waals surface area contributed by atoms with E-state index in [-0.39, 0.29) is 18.2 Å². The van der Waals surface area contributed by atoms with Crippen molar-refractivity contribution in [2.75, 3.05) is 6.61 Å². The van der Waals surface area contributed by atoms with Gasteiger partial charge in [-0.25, -0.2) is 0 Å². The number of hydrogen-bond donors (Lipinski definition) is 0. The summed E-state index contributed by atoms with van der Waals surface area (Å²) in [5.41, 5.74) is 0.829. The average molecular weight is 222 g/mol. The van der Waals surface area contributed by atoms with Crippen molar-refractivity contribution in [1.29, 1.82) is 0 Å². The Morgan fingerprint density at radius 3 is 3.12 bits per heavy atom. The van der Waals surface area contributed by atoms with Crippen LogP contribution in [-0.4, -0.2) is 24.8 Å². The number of hydrogen-bond acceptors (Lipinski definition) is 3. The Hall–Kier alpha value is -0.930.